The number of primary amides is 1. The van der Waals surface area contributed by atoms with Gasteiger partial charge >= 0.3 is 0 Å². The average Bonchev–Trinajstić information content (AvgIpc) is 2.65. The van der Waals surface area contributed by atoms with Crippen LogP contribution in [0.5, 0.6) is 5.75 Å². The second-order valence-electron chi connectivity index (χ2n) is 7.91. The molecule has 1 aliphatic carbocycles. The molecule has 0 radical (unpaired) electrons. The van der Waals surface area contributed by atoms with E-state index in [1.54, 1.807) is 13.2 Å². The Balaban J connectivity index is 1.88. The second-order valence-corrected chi connectivity index (χ2v) is 7.91. The fourth-order valence-corrected chi connectivity index (χ4v) is 5.08. The molecule has 1 unspecified atom stereocenters. The van der Waals surface area contributed by atoms with E-state index >= 15 is 0 Å². The summed E-state index contributed by atoms with van der Waals surface area (Å²) in [5.41, 5.74) is 10.1. The van der Waals surface area contributed by atoms with Gasteiger partial charge in [0.05, 0.1) is 7.11 Å². The molecule has 0 saturated carbocycles. The molecule has 136 valence electrons. The van der Waals surface area contributed by atoms with E-state index in [4.69, 9.17) is 10.5 Å². The van der Waals surface area contributed by atoms with Crippen LogP contribution in [0, 0.1) is 0 Å². The van der Waals surface area contributed by atoms with Crippen LogP contribution in [0.15, 0.2) is 42.5 Å². The molecule has 4 nitrogen and oxygen atoms in total. The number of hydrogen-bond acceptors (Lipinski definition) is 3. The minimum Gasteiger partial charge on any atom is -0.497 e. The van der Waals surface area contributed by atoms with E-state index in [0.717, 1.165) is 25.1 Å². The minimum absolute atomic E-state index is 0.00949. The number of piperidine rings is 1. The summed E-state index contributed by atoms with van der Waals surface area (Å²) in [6.07, 6.45) is 2.09. The average molecular weight is 350 g/mol. The van der Waals surface area contributed by atoms with E-state index in [9.17, 15) is 4.79 Å². The number of likely N-dealkylation sites (tertiary alicyclic amines) is 1. The number of nitrogens with zero attached hydrogens (tertiary/aromatic N) is 1. The lowest BCUT2D eigenvalue weighted by Gasteiger charge is -2.55. The molecule has 2 aromatic rings. The van der Waals surface area contributed by atoms with E-state index in [1.165, 1.54) is 16.7 Å². The Kier molecular flexibility index (Phi) is 4.03. The molecule has 4 rings (SSSR count). The van der Waals surface area contributed by atoms with Crippen LogP contribution in [-0.4, -0.2) is 37.6 Å². The summed E-state index contributed by atoms with van der Waals surface area (Å²) in [4.78, 5) is 14.2. The van der Waals surface area contributed by atoms with Gasteiger partial charge in [-0.1, -0.05) is 25.1 Å². The third kappa shape index (κ3) is 2.52. The molecule has 2 aliphatic rings. The van der Waals surface area contributed by atoms with Crippen molar-refractivity contribution in [3.05, 3.63) is 64.7 Å². The van der Waals surface area contributed by atoms with Crippen LogP contribution >= 0.6 is 0 Å². The first-order chi connectivity index (χ1) is 12.4. The lowest BCUT2D eigenvalue weighted by atomic mass is 9.56. The number of methoxy groups -OCH3 is 1. The first-order valence-electron chi connectivity index (χ1n) is 9.21. The highest BCUT2D eigenvalue weighted by molar-refractivity contribution is 5.92. The molecule has 1 amide bonds. The van der Waals surface area contributed by atoms with Crippen molar-refractivity contribution in [2.75, 3.05) is 20.7 Å². The molecular weight excluding hydrogens is 324 g/mol. The Labute approximate surface area is 155 Å². The van der Waals surface area contributed by atoms with Gasteiger partial charge in [0, 0.05) is 22.9 Å². The van der Waals surface area contributed by atoms with E-state index in [2.05, 4.69) is 43.1 Å². The molecule has 1 heterocycles. The quantitative estimate of drug-likeness (QED) is 0.925. The summed E-state index contributed by atoms with van der Waals surface area (Å²) in [5.74, 6) is 0.862. The molecule has 1 aliphatic heterocycles. The largest absolute Gasteiger partial charge is 0.497 e. The Bertz CT molecular complexity index is 863. The van der Waals surface area contributed by atoms with Gasteiger partial charge in [0.15, 0.2) is 0 Å². The highest BCUT2D eigenvalue weighted by Crippen LogP contribution is 2.53. The molecule has 4 heteroatoms. The molecule has 26 heavy (non-hydrogen) atoms. The first-order valence-corrected chi connectivity index (χ1v) is 9.21. The Morgan fingerprint density at radius 3 is 2.81 bits per heavy atom. The molecule has 2 aromatic carbocycles. The van der Waals surface area contributed by atoms with Gasteiger partial charge in [-0.3, -0.25) is 4.79 Å². The fourth-order valence-electron chi connectivity index (χ4n) is 5.08. The highest BCUT2D eigenvalue weighted by Gasteiger charge is 2.50. The van der Waals surface area contributed by atoms with Crippen LogP contribution in [0.25, 0.3) is 0 Å². The molecule has 1 saturated heterocycles. The van der Waals surface area contributed by atoms with Gasteiger partial charge < -0.3 is 15.4 Å². The number of benzene rings is 2. The first kappa shape index (κ1) is 17.1. The van der Waals surface area contributed by atoms with Crippen LogP contribution < -0.4 is 10.5 Å². The minimum atomic E-state index is -0.367. The molecule has 1 fully saturated rings. The number of carbonyl (C=O) groups excluding carboxylic acids is 1. The summed E-state index contributed by atoms with van der Waals surface area (Å²) in [6.45, 7) is 3.44. The number of amides is 1. The Morgan fingerprint density at radius 1 is 1.27 bits per heavy atom. The van der Waals surface area contributed by atoms with Gasteiger partial charge in [0.1, 0.15) is 5.75 Å². The Morgan fingerprint density at radius 2 is 2.08 bits per heavy atom. The molecular formula is C22H26N2O2. The van der Waals surface area contributed by atoms with Gasteiger partial charge in [0.2, 0.25) is 5.91 Å². The number of likely N-dealkylation sites (N-methyl/N-ethyl adjacent to an activating group) is 1. The molecule has 3 atom stereocenters. The smallest absolute Gasteiger partial charge is 0.248 e. The van der Waals surface area contributed by atoms with Crippen molar-refractivity contribution in [3.8, 4) is 5.75 Å². The number of rotatable bonds is 3. The highest BCUT2D eigenvalue weighted by atomic mass is 16.5. The standard InChI is InChI=1S/C22H26N2O2/c1-22-9-10-24(2)19(12-14-7-8-17(26-3)13-18(14)22)20(22)15-5-4-6-16(11-15)21(23)25/h4-8,11,13,19-20H,9-10,12H2,1-3H3,(H2,23,25)/t19?,20-,22-/m0/s1. The number of fused-ring (bicyclic) bond motifs is 4. The lowest BCUT2D eigenvalue weighted by molar-refractivity contribution is 0.0828. The van der Waals surface area contributed by atoms with Crippen LogP contribution in [0.1, 0.15) is 46.3 Å². The van der Waals surface area contributed by atoms with Crippen LogP contribution in [0.2, 0.25) is 0 Å². The topological polar surface area (TPSA) is 55.6 Å². The number of ether oxygens (including phenoxy) is 1. The van der Waals surface area contributed by atoms with Crippen molar-refractivity contribution in [1.29, 1.82) is 0 Å². The third-order valence-corrected chi connectivity index (χ3v) is 6.51. The van der Waals surface area contributed by atoms with E-state index < -0.39 is 0 Å². The third-order valence-electron chi connectivity index (χ3n) is 6.51. The maximum atomic E-state index is 11.7. The predicted octanol–water partition coefficient (Wildman–Crippen LogP) is 3.10. The zero-order valence-corrected chi connectivity index (χ0v) is 15.7. The SMILES string of the molecule is COc1ccc2c(c1)[C@]1(C)CCN(C)C(C2)[C@@H]1c1cccc(C(N)=O)c1. The Hall–Kier alpha value is -2.33. The normalized spacial score (nSPS) is 27.7. The van der Waals surface area contributed by atoms with Gasteiger partial charge in [-0.15, -0.1) is 0 Å². The summed E-state index contributed by atoms with van der Waals surface area (Å²) >= 11 is 0. The van der Waals surface area contributed by atoms with Crippen molar-refractivity contribution in [3.63, 3.8) is 0 Å². The molecule has 0 aromatic heterocycles. The summed E-state index contributed by atoms with van der Waals surface area (Å²) < 4.78 is 5.50. The lowest BCUT2D eigenvalue weighted by Crippen LogP contribution is -2.56. The monoisotopic (exact) mass is 350 g/mol. The van der Waals surface area contributed by atoms with Gasteiger partial charge in [-0.05, 0) is 67.4 Å². The maximum Gasteiger partial charge on any atom is 0.248 e. The number of carbonyl (C=O) groups is 1. The molecule has 0 spiro atoms. The van der Waals surface area contributed by atoms with Gasteiger partial charge in [0.25, 0.3) is 0 Å². The predicted molar refractivity (Wildman–Crippen MR) is 103 cm³/mol. The summed E-state index contributed by atoms with van der Waals surface area (Å²) in [7, 11) is 3.93. The van der Waals surface area contributed by atoms with Crippen molar-refractivity contribution >= 4 is 5.91 Å². The van der Waals surface area contributed by atoms with Crippen molar-refractivity contribution in [1.82, 2.24) is 4.90 Å². The van der Waals surface area contributed by atoms with Gasteiger partial charge in [-0.2, -0.15) is 0 Å². The zero-order valence-electron chi connectivity index (χ0n) is 15.7. The summed E-state index contributed by atoms with van der Waals surface area (Å²) in [5, 5.41) is 0. The number of nitrogens with two attached hydrogens (primary N) is 1. The summed E-state index contributed by atoms with van der Waals surface area (Å²) in [6, 6.07) is 14.8. The van der Waals surface area contributed by atoms with Crippen molar-refractivity contribution < 1.29 is 9.53 Å². The molecule has 2 bridgehead atoms. The van der Waals surface area contributed by atoms with Crippen LogP contribution in [-0.2, 0) is 11.8 Å². The zero-order chi connectivity index (χ0) is 18.5. The van der Waals surface area contributed by atoms with E-state index in [0.29, 0.717) is 17.5 Å². The van der Waals surface area contributed by atoms with E-state index in [-0.39, 0.29) is 11.3 Å². The number of hydrogen-bond donors (Lipinski definition) is 1. The van der Waals surface area contributed by atoms with Gasteiger partial charge in [-0.25, -0.2) is 0 Å². The maximum absolute atomic E-state index is 11.7. The fraction of sp³-hybridized carbons (Fsp3) is 0.409. The van der Waals surface area contributed by atoms with Crippen molar-refractivity contribution in [2.24, 2.45) is 5.73 Å². The van der Waals surface area contributed by atoms with Crippen LogP contribution in [0.3, 0.4) is 0 Å². The van der Waals surface area contributed by atoms with Crippen LogP contribution in [0.4, 0.5) is 0 Å². The van der Waals surface area contributed by atoms with E-state index in [1.807, 2.05) is 12.1 Å². The molecule has 2 N–H and O–H groups in total. The second kappa shape index (κ2) is 6.13. The van der Waals surface area contributed by atoms with Crippen molar-refractivity contribution in [2.45, 2.75) is 37.1 Å².